The zero-order chi connectivity index (χ0) is 13.8. The van der Waals surface area contributed by atoms with Crippen molar-refractivity contribution in [3.8, 4) is 5.75 Å². The first-order chi connectivity index (χ1) is 9.83. The van der Waals surface area contributed by atoms with Crippen LogP contribution in [0.1, 0.15) is 18.4 Å². The first-order valence-corrected chi connectivity index (χ1v) is 7.00. The van der Waals surface area contributed by atoms with Gasteiger partial charge in [-0.2, -0.15) is 0 Å². The summed E-state index contributed by atoms with van der Waals surface area (Å²) in [6.07, 6.45) is 4.26. The quantitative estimate of drug-likeness (QED) is 0.859. The van der Waals surface area contributed by atoms with Gasteiger partial charge in [0.25, 0.3) is 0 Å². The summed E-state index contributed by atoms with van der Waals surface area (Å²) >= 11 is 0. The molecule has 2 aromatic rings. The van der Waals surface area contributed by atoms with E-state index in [1.807, 2.05) is 24.3 Å². The lowest BCUT2D eigenvalue weighted by molar-refractivity contribution is 0.474. The second-order valence-corrected chi connectivity index (χ2v) is 5.03. The number of para-hydroxylation sites is 1. The number of phenols is 1. The van der Waals surface area contributed by atoms with Crippen molar-refractivity contribution in [3.05, 3.63) is 54.1 Å². The minimum atomic E-state index is 0.255. The van der Waals surface area contributed by atoms with E-state index in [9.17, 15) is 5.11 Å². The fraction of sp³-hybridized carbons (Fsp3) is 0.235. The zero-order valence-corrected chi connectivity index (χ0v) is 11.4. The molecule has 1 aliphatic heterocycles. The van der Waals surface area contributed by atoms with E-state index in [1.165, 1.54) is 18.5 Å². The molecule has 0 atom stereocenters. The van der Waals surface area contributed by atoms with Gasteiger partial charge in [0, 0.05) is 30.6 Å². The Bertz CT molecular complexity index is 599. The van der Waals surface area contributed by atoms with Crippen molar-refractivity contribution in [3.63, 3.8) is 0 Å². The lowest BCUT2D eigenvalue weighted by Gasteiger charge is -2.17. The number of nitrogens with zero attached hydrogens (tertiary/aromatic N) is 2. The van der Waals surface area contributed by atoms with Crippen LogP contribution in [0.25, 0.3) is 0 Å². The average Bonchev–Trinajstić information content (AvgIpc) is 3.01. The fourth-order valence-corrected chi connectivity index (χ4v) is 2.47. The maximum atomic E-state index is 9.68. The lowest BCUT2D eigenvalue weighted by Crippen LogP contribution is -2.17. The molecule has 0 aliphatic carbocycles. The van der Waals surface area contributed by atoms with Crippen LogP contribution in [0.15, 0.2) is 53.5 Å². The Kier molecular flexibility index (Phi) is 3.68. The van der Waals surface area contributed by atoms with Gasteiger partial charge in [0.05, 0.1) is 5.69 Å². The van der Waals surface area contributed by atoms with E-state index >= 15 is 0 Å². The summed E-state index contributed by atoms with van der Waals surface area (Å²) in [5.41, 5.74) is 2.90. The van der Waals surface area contributed by atoms with Gasteiger partial charge in [-0.15, -0.1) is 0 Å². The van der Waals surface area contributed by atoms with Crippen LogP contribution in [0.3, 0.4) is 0 Å². The van der Waals surface area contributed by atoms with Gasteiger partial charge in [-0.05, 0) is 49.2 Å². The first-order valence-electron chi connectivity index (χ1n) is 7.00. The molecule has 1 heterocycles. The van der Waals surface area contributed by atoms with E-state index in [1.54, 1.807) is 18.3 Å². The molecule has 0 saturated carbocycles. The minimum absolute atomic E-state index is 0.255. The van der Waals surface area contributed by atoms with Gasteiger partial charge in [0.15, 0.2) is 0 Å². The third-order valence-corrected chi connectivity index (χ3v) is 3.61. The van der Waals surface area contributed by atoms with Crippen LogP contribution in [0.5, 0.6) is 5.75 Å². The number of aliphatic imine (C=N–C) groups is 1. The highest BCUT2D eigenvalue weighted by atomic mass is 16.3. The summed E-state index contributed by atoms with van der Waals surface area (Å²) in [4.78, 5) is 6.80. The molecule has 2 aromatic carbocycles. The molecule has 1 N–H and O–H groups in total. The maximum Gasteiger partial charge on any atom is 0.124 e. The lowest BCUT2D eigenvalue weighted by atomic mass is 10.2. The van der Waals surface area contributed by atoms with Gasteiger partial charge < -0.3 is 10.0 Å². The van der Waals surface area contributed by atoms with Gasteiger partial charge in [-0.25, -0.2) is 0 Å². The van der Waals surface area contributed by atoms with Gasteiger partial charge in [-0.1, -0.05) is 12.1 Å². The van der Waals surface area contributed by atoms with E-state index in [0.29, 0.717) is 0 Å². The third-order valence-electron chi connectivity index (χ3n) is 3.61. The second-order valence-electron chi connectivity index (χ2n) is 5.03. The second kappa shape index (κ2) is 5.78. The molecule has 0 aromatic heterocycles. The predicted octanol–water partition coefficient (Wildman–Crippen LogP) is 3.74. The highest BCUT2D eigenvalue weighted by Gasteiger charge is 2.11. The van der Waals surface area contributed by atoms with E-state index in [2.05, 4.69) is 22.0 Å². The molecule has 3 nitrogen and oxygen atoms in total. The minimum Gasteiger partial charge on any atom is -0.507 e. The van der Waals surface area contributed by atoms with E-state index in [4.69, 9.17) is 0 Å². The van der Waals surface area contributed by atoms with E-state index in [-0.39, 0.29) is 5.75 Å². The van der Waals surface area contributed by atoms with Crippen molar-refractivity contribution in [1.82, 2.24) is 0 Å². The average molecular weight is 266 g/mol. The Balaban J connectivity index is 1.73. The normalized spacial score (nSPS) is 15.1. The van der Waals surface area contributed by atoms with Crippen LogP contribution in [0, 0.1) is 0 Å². The third kappa shape index (κ3) is 2.82. The summed E-state index contributed by atoms with van der Waals surface area (Å²) in [6.45, 7) is 2.31. The smallest absolute Gasteiger partial charge is 0.124 e. The van der Waals surface area contributed by atoms with Crippen LogP contribution in [0.2, 0.25) is 0 Å². The molecule has 0 amide bonds. The first kappa shape index (κ1) is 12.7. The summed E-state index contributed by atoms with van der Waals surface area (Å²) in [5, 5.41) is 9.68. The van der Waals surface area contributed by atoms with E-state index < -0.39 is 0 Å². The van der Waals surface area contributed by atoms with Crippen molar-refractivity contribution in [2.75, 3.05) is 18.0 Å². The summed E-state index contributed by atoms with van der Waals surface area (Å²) in [5.74, 6) is 0.255. The number of phenolic OH excluding ortho intramolecular Hbond substituents is 1. The molecule has 1 aliphatic rings. The van der Waals surface area contributed by atoms with Crippen LogP contribution in [-0.4, -0.2) is 24.4 Å². The van der Waals surface area contributed by atoms with Crippen molar-refractivity contribution in [2.24, 2.45) is 4.99 Å². The topological polar surface area (TPSA) is 35.8 Å². The molecular weight excluding hydrogens is 248 g/mol. The number of aromatic hydroxyl groups is 1. The van der Waals surface area contributed by atoms with Crippen LogP contribution >= 0.6 is 0 Å². The number of rotatable bonds is 3. The van der Waals surface area contributed by atoms with E-state index in [0.717, 1.165) is 24.3 Å². The highest BCUT2D eigenvalue weighted by molar-refractivity contribution is 5.85. The summed E-state index contributed by atoms with van der Waals surface area (Å²) in [7, 11) is 0. The Hall–Kier alpha value is -2.29. The van der Waals surface area contributed by atoms with Crippen molar-refractivity contribution in [1.29, 1.82) is 0 Å². The Labute approximate surface area is 119 Å². The van der Waals surface area contributed by atoms with Gasteiger partial charge in [0.1, 0.15) is 5.75 Å². The van der Waals surface area contributed by atoms with Crippen molar-refractivity contribution in [2.45, 2.75) is 12.8 Å². The maximum absolute atomic E-state index is 9.68. The molecule has 1 fully saturated rings. The Morgan fingerprint density at radius 1 is 0.950 bits per heavy atom. The summed E-state index contributed by atoms with van der Waals surface area (Å²) in [6, 6.07) is 15.5. The van der Waals surface area contributed by atoms with Crippen molar-refractivity contribution < 1.29 is 5.11 Å². The Morgan fingerprint density at radius 3 is 2.35 bits per heavy atom. The molecule has 1 saturated heterocycles. The van der Waals surface area contributed by atoms with Crippen molar-refractivity contribution >= 4 is 17.6 Å². The molecule has 0 bridgehead atoms. The molecule has 3 heteroatoms. The summed E-state index contributed by atoms with van der Waals surface area (Å²) < 4.78 is 0. The molecule has 0 unspecified atom stereocenters. The molecule has 0 radical (unpaired) electrons. The number of hydrogen-bond acceptors (Lipinski definition) is 3. The molecule has 20 heavy (non-hydrogen) atoms. The SMILES string of the molecule is Oc1ccccc1C=Nc1ccc(N2CCCC2)cc1. The number of anilines is 1. The standard InChI is InChI=1S/C17H18N2O/c20-17-6-2-1-5-14(17)13-18-15-7-9-16(10-8-15)19-11-3-4-12-19/h1-2,5-10,13,20H,3-4,11-12H2. The number of hydrogen-bond donors (Lipinski definition) is 1. The van der Waals surface area contributed by atoms with Crippen LogP contribution in [-0.2, 0) is 0 Å². The highest BCUT2D eigenvalue weighted by Crippen LogP contribution is 2.23. The predicted molar refractivity (Wildman–Crippen MR) is 83.2 cm³/mol. The largest absolute Gasteiger partial charge is 0.507 e. The van der Waals surface area contributed by atoms with Gasteiger partial charge >= 0.3 is 0 Å². The molecular formula is C17H18N2O. The fourth-order valence-electron chi connectivity index (χ4n) is 2.47. The Morgan fingerprint density at radius 2 is 1.65 bits per heavy atom. The zero-order valence-electron chi connectivity index (χ0n) is 11.4. The number of benzene rings is 2. The molecule has 3 rings (SSSR count). The molecule has 102 valence electrons. The molecule has 0 spiro atoms. The van der Waals surface area contributed by atoms with Crippen LogP contribution < -0.4 is 4.90 Å². The monoisotopic (exact) mass is 266 g/mol. The van der Waals surface area contributed by atoms with Gasteiger partial charge in [0.2, 0.25) is 0 Å². The van der Waals surface area contributed by atoms with Gasteiger partial charge in [-0.3, -0.25) is 4.99 Å². The van der Waals surface area contributed by atoms with Crippen LogP contribution in [0.4, 0.5) is 11.4 Å².